The van der Waals surface area contributed by atoms with Gasteiger partial charge in [0.05, 0.1) is 0 Å². The summed E-state index contributed by atoms with van der Waals surface area (Å²) in [4.78, 5) is 28.9. The summed E-state index contributed by atoms with van der Waals surface area (Å²) in [6.45, 7) is 2.15. The smallest absolute Gasteiger partial charge is 0.325 e. The quantitative estimate of drug-likeness (QED) is 0.356. The predicted molar refractivity (Wildman–Crippen MR) is 108 cm³/mol. The van der Waals surface area contributed by atoms with Gasteiger partial charge in [0.15, 0.2) is 0 Å². The van der Waals surface area contributed by atoms with Gasteiger partial charge < -0.3 is 10.4 Å². The van der Waals surface area contributed by atoms with E-state index in [1.165, 1.54) is 11.6 Å². The van der Waals surface area contributed by atoms with Crippen molar-refractivity contribution in [2.45, 2.75) is 19.0 Å². The fourth-order valence-electron chi connectivity index (χ4n) is 3.19. The van der Waals surface area contributed by atoms with Gasteiger partial charge in [-0.15, -0.1) is 0 Å². The fourth-order valence-corrected chi connectivity index (χ4v) is 3.19. The number of anilines is 1. The van der Waals surface area contributed by atoms with Crippen molar-refractivity contribution in [3.05, 3.63) is 65.9 Å². The first-order valence-electron chi connectivity index (χ1n) is 9.39. The van der Waals surface area contributed by atoms with Crippen molar-refractivity contribution in [3.8, 4) is 0 Å². The number of rotatable bonds is 8. The van der Waals surface area contributed by atoms with Crippen LogP contribution in [-0.2, 0) is 16.1 Å². The molecule has 3 rings (SSSR count). The molecule has 1 aliphatic rings. The summed E-state index contributed by atoms with van der Waals surface area (Å²) >= 11 is 0. The van der Waals surface area contributed by atoms with E-state index >= 15 is 0 Å². The zero-order chi connectivity index (χ0) is 20.6. The van der Waals surface area contributed by atoms with Crippen molar-refractivity contribution in [2.24, 2.45) is 0 Å². The maximum atomic E-state index is 11.6. The van der Waals surface area contributed by atoms with Gasteiger partial charge in [0.25, 0.3) is 5.91 Å². The topological polar surface area (TPSA) is 106 Å². The Morgan fingerprint density at radius 1 is 1.24 bits per heavy atom. The molecule has 1 aromatic carbocycles. The van der Waals surface area contributed by atoms with E-state index in [9.17, 15) is 14.8 Å². The molecule has 0 aliphatic carbocycles. The third kappa shape index (κ3) is 6.41. The summed E-state index contributed by atoms with van der Waals surface area (Å²) in [7, 11) is 0. The Balaban J connectivity index is 1.47. The standard InChI is InChI=1S/C21H24N4O4/c26-20(25(29)15-21(27)28)9-7-16-6-8-19(22-12-16)23-18-10-11-24(14-18)13-17-4-2-1-3-5-17/h1-9,12,18,29H,10-11,13-15H2,(H,22,23)(H,27,28)/t18-/m1/s1. The Bertz CT molecular complexity index is 855. The zero-order valence-corrected chi connectivity index (χ0v) is 15.9. The molecule has 29 heavy (non-hydrogen) atoms. The highest BCUT2D eigenvalue weighted by Gasteiger charge is 2.22. The van der Waals surface area contributed by atoms with Gasteiger partial charge in [-0.1, -0.05) is 30.3 Å². The summed E-state index contributed by atoms with van der Waals surface area (Å²) in [5, 5.41) is 21.4. The van der Waals surface area contributed by atoms with E-state index in [1.54, 1.807) is 12.3 Å². The molecule has 1 aliphatic heterocycles. The van der Waals surface area contributed by atoms with Crippen molar-refractivity contribution in [1.82, 2.24) is 14.9 Å². The first kappa shape index (κ1) is 20.5. The number of hydrogen-bond donors (Lipinski definition) is 3. The number of nitrogens with zero attached hydrogens (tertiary/aromatic N) is 3. The number of nitrogens with one attached hydrogen (secondary N) is 1. The van der Waals surface area contributed by atoms with E-state index in [0.717, 1.165) is 37.9 Å². The van der Waals surface area contributed by atoms with Gasteiger partial charge in [-0.2, -0.15) is 0 Å². The second-order valence-electron chi connectivity index (χ2n) is 6.95. The normalized spacial score (nSPS) is 16.8. The van der Waals surface area contributed by atoms with Crippen LogP contribution in [0.4, 0.5) is 5.82 Å². The van der Waals surface area contributed by atoms with E-state index in [2.05, 4.69) is 39.5 Å². The van der Waals surface area contributed by atoms with Crippen LogP contribution in [0.25, 0.3) is 6.08 Å². The number of hydrogen-bond acceptors (Lipinski definition) is 6. The molecular weight excluding hydrogens is 372 g/mol. The fraction of sp³-hybridized carbons (Fsp3) is 0.286. The highest BCUT2D eigenvalue weighted by molar-refractivity contribution is 5.92. The van der Waals surface area contributed by atoms with Crippen LogP contribution in [0.2, 0.25) is 0 Å². The molecule has 2 aromatic rings. The van der Waals surface area contributed by atoms with Crippen molar-refractivity contribution < 1.29 is 19.9 Å². The lowest BCUT2D eigenvalue weighted by Gasteiger charge is -2.17. The monoisotopic (exact) mass is 396 g/mol. The highest BCUT2D eigenvalue weighted by Crippen LogP contribution is 2.17. The van der Waals surface area contributed by atoms with Crippen molar-refractivity contribution in [3.63, 3.8) is 0 Å². The van der Waals surface area contributed by atoms with Crippen molar-refractivity contribution >= 4 is 23.8 Å². The number of likely N-dealkylation sites (tertiary alicyclic amines) is 1. The van der Waals surface area contributed by atoms with Gasteiger partial charge in [-0.05, 0) is 35.8 Å². The second kappa shape index (κ2) is 9.81. The van der Waals surface area contributed by atoms with Crippen LogP contribution in [0.1, 0.15) is 17.5 Å². The number of carboxylic acids is 1. The Morgan fingerprint density at radius 2 is 2.03 bits per heavy atom. The minimum atomic E-state index is -1.29. The average molecular weight is 396 g/mol. The largest absolute Gasteiger partial charge is 0.480 e. The lowest BCUT2D eigenvalue weighted by molar-refractivity contribution is -0.168. The molecule has 0 unspecified atom stereocenters. The average Bonchev–Trinajstić information content (AvgIpc) is 3.14. The van der Waals surface area contributed by atoms with E-state index in [-0.39, 0.29) is 5.06 Å². The SMILES string of the molecule is O=C(O)CN(O)C(=O)C=Cc1ccc(N[C@@H]2CCN(Cc3ccccc3)C2)nc1. The van der Waals surface area contributed by atoms with Crippen LogP contribution in [-0.4, -0.2) is 62.8 Å². The van der Waals surface area contributed by atoms with Crippen molar-refractivity contribution in [2.75, 3.05) is 25.0 Å². The van der Waals surface area contributed by atoms with Gasteiger partial charge in [-0.3, -0.25) is 19.7 Å². The number of amides is 1. The lowest BCUT2D eigenvalue weighted by Crippen LogP contribution is -2.31. The number of aromatic nitrogens is 1. The predicted octanol–water partition coefficient (Wildman–Crippen LogP) is 2.08. The van der Waals surface area contributed by atoms with Gasteiger partial charge in [0.1, 0.15) is 12.4 Å². The molecule has 1 atom stereocenters. The summed E-state index contributed by atoms with van der Waals surface area (Å²) in [5.41, 5.74) is 1.98. The molecule has 0 spiro atoms. The van der Waals surface area contributed by atoms with Crippen LogP contribution in [0.15, 0.2) is 54.7 Å². The molecule has 0 radical (unpaired) electrons. The second-order valence-corrected chi connectivity index (χ2v) is 6.95. The summed E-state index contributed by atoms with van der Waals surface area (Å²) in [5.74, 6) is -1.34. The first-order valence-corrected chi connectivity index (χ1v) is 9.39. The highest BCUT2D eigenvalue weighted by atomic mass is 16.5. The molecule has 3 N–H and O–H groups in total. The van der Waals surface area contributed by atoms with Crippen LogP contribution in [0, 0.1) is 0 Å². The number of benzene rings is 1. The summed E-state index contributed by atoms with van der Waals surface area (Å²) < 4.78 is 0. The summed E-state index contributed by atoms with van der Waals surface area (Å²) in [6.07, 6.45) is 5.23. The Kier molecular flexibility index (Phi) is 6.94. The van der Waals surface area contributed by atoms with Gasteiger partial charge >= 0.3 is 5.97 Å². The van der Waals surface area contributed by atoms with E-state index in [1.807, 2.05) is 12.1 Å². The molecular formula is C21H24N4O4. The minimum absolute atomic E-state index is 0.142. The third-order valence-electron chi connectivity index (χ3n) is 4.62. The molecule has 0 bridgehead atoms. The molecule has 1 fully saturated rings. The van der Waals surface area contributed by atoms with Crippen LogP contribution < -0.4 is 5.32 Å². The Labute approximate surface area is 169 Å². The maximum Gasteiger partial charge on any atom is 0.325 e. The molecule has 1 saturated heterocycles. The van der Waals surface area contributed by atoms with E-state index in [4.69, 9.17) is 5.11 Å². The van der Waals surface area contributed by atoms with Crippen LogP contribution in [0.5, 0.6) is 0 Å². The zero-order valence-electron chi connectivity index (χ0n) is 15.9. The number of aliphatic carboxylic acids is 1. The molecule has 8 nitrogen and oxygen atoms in total. The van der Waals surface area contributed by atoms with Crippen LogP contribution in [0.3, 0.4) is 0 Å². The first-order chi connectivity index (χ1) is 14.0. The molecule has 8 heteroatoms. The molecule has 152 valence electrons. The summed E-state index contributed by atoms with van der Waals surface area (Å²) in [6, 6.07) is 14.4. The van der Waals surface area contributed by atoms with Gasteiger partial charge in [0, 0.05) is 37.9 Å². The molecule has 0 saturated carbocycles. The number of carboxylic acid groups (broad SMARTS) is 1. The van der Waals surface area contributed by atoms with Crippen LogP contribution >= 0.6 is 0 Å². The number of pyridine rings is 1. The van der Waals surface area contributed by atoms with E-state index < -0.39 is 18.4 Å². The third-order valence-corrected chi connectivity index (χ3v) is 4.62. The lowest BCUT2D eigenvalue weighted by atomic mass is 10.2. The maximum absolute atomic E-state index is 11.6. The molecule has 2 heterocycles. The number of hydroxylamine groups is 2. The molecule has 1 amide bonds. The van der Waals surface area contributed by atoms with E-state index in [0.29, 0.717) is 11.6 Å². The number of carbonyl (C=O) groups is 2. The Morgan fingerprint density at radius 3 is 2.72 bits per heavy atom. The van der Waals surface area contributed by atoms with Gasteiger partial charge in [-0.25, -0.2) is 10.0 Å². The van der Waals surface area contributed by atoms with Crippen molar-refractivity contribution in [1.29, 1.82) is 0 Å². The molecule has 1 aromatic heterocycles. The number of carbonyl (C=O) groups excluding carboxylic acids is 1. The minimum Gasteiger partial charge on any atom is -0.480 e. The van der Waals surface area contributed by atoms with Gasteiger partial charge in [0.2, 0.25) is 0 Å². The Hall–Kier alpha value is -3.23.